The second-order valence-corrected chi connectivity index (χ2v) is 6.75. The number of carbonyl (C=O) groups is 1. The van der Waals surface area contributed by atoms with Gasteiger partial charge in [0.15, 0.2) is 12.2 Å². The number of esters is 1. The lowest BCUT2D eigenvalue weighted by Crippen LogP contribution is -2.06. The topological polar surface area (TPSA) is 57.3 Å². The van der Waals surface area contributed by atoms with Gasteiger partial charge in [0.1, 0.15) is 0 Å². The lowest BCUT2D eigenvalue weighted by molar-refractivity contribution is 0.0601. The molecule has 1 aliphatic rings. The number of oxazole rings is 1. The third-order valence-electron chi connectivity index (χ3n) is 5.34. The maximum absolute atomic E-state index is 11.9. The van der Waals surface area contributed by atoms with Gasteiger partial charge in [-0.15, -0.1) is 0 Å². The van der Waals surface area contributed by atoms with Gasteiger partial charge in [0.05, 0.1) is 24.6 Å². The Bertz CT molecular complexity index is 903. The molecule has 2 heterocycles. The number of benzene rings is 1. The smallest absolute Gasteiger partial charge is 0.337 e. The fourth-order valence-corrected chi connectivity index (χ4v) is 4.15. The Kier molecular flexibility index (Phi) is 4.07. The molecule has 0 aliphatic heterocycles. The van der Waals surface area contributed by atoms with Crippen molar-refractivity contribution >= 4 is 16.9 Å². The van der Waals surface area contributed by atoms with E-state index in [-0.39, 0.29) is 5.97 Å². The van der Waals surface area contributed by atoms with Gasteiger partial charge in [-0.05, 0) is 36.5 Å². The molecule has 3 aromatic rings. The molecule has 0 amide bonds. The minimum Gasteiger partial charge on any atom is -0.465 e. The number of carbonyl (C=O) groups excluding carboxylic acids is 1. The fraction of sp³-hybridized carbons (Fsp3) is 0.400. The van der Waals surface area contributed by atoms with Gasteiger partial charge < -0.3 is 13.7 Å². The fourth-order valence-electron chi connectivity index (χ4n) is 4.15. The molecule has 1 fully saturated rings. The molecular formula is C20H22N2O3. The number of fused-ring (bicyclic) bond motifs is 1. The Morgan fingerprint density at radius 1 is 1.28 bits per heavy atom. The largest absolute Gasteiger partial charge is 0.465 e. The standard InChI is InChI=1S/C20H22N2O3/c1-22-16-10-14(20(23)24-2)8-9-15(16)18(13-6-4-3-5-7-13)19(22)17-11-21-12-25-17/h8-13H,3-7H2,1-2H3. The van der Waals surface area contributed by atoms with Crippen LogP contribution in [-0.4, -0.2) is 22.6 Å². The molecule has 2 aromatic heterocycles. The second kappa shape index (κ2) is 6.39. The summed E-state index contributed by atoms with van der Waals surface area (Å²) in [5, 5.41) is 1.19. The molecule has 25 heavy (non-hydrogen) atoms. The molecule has 0 atom stereocenters. The molecule has 0 bridgehead atoms. The Labute approximate surface area is 146 Å². The number of aryl methyl sites for hydroxylation is 1. The van der Waals surface area contributed by atoms with Crippen LogP contribution in [0.1, 0.15) is 53.9 Å². The summed E-state index contributed by atoms with van der Waals surface area (Å²) in [6, 6.07) is 5.81. The van der Waals surface area contributed by atoms with E-state index in [1.54, 1.807) is 6.20 Å². The van der Waals surface area contributed by atoms with Gasteiger partial charge in [0, 0.05) is 18.0 Å². The van der Waals surface area contributed by atoms with Crippen molar-refractivity contribution in [3.63, 3.8) is 0 Å². The molecule has 130 valence electrons. The van der Waals surface area contributed by atoms with E-state index in [0.29, 0.717) is 11.5 Å². The third kappa shape index (κ3) is 2.64. The van der Waals surface area contributed by atoms with Gasteiger partial charge in [0.2, 0.25) is 0 Å². The number of ether oxygens (including phenoxy) is 1. The molecule has 4 rings (SSSR count). The Morgan fingerprint density at radius 2 is 2.08 bits per heavy atom. The Hall–Kier alpha value is -2.56. The van der Waals surface area contributed by atoms with Gasteiger partial charge in [-0.3, -0.25) is 0 Å². The number of hydrogen-bond acceptors (Lipinski definition) is 4. The van der Waals surface area contributed by atoms with Gasteiger partial charge >= 0.3 is 5.97 Å². The number of aromatic nitrogens is 2. The number of rotatable bonds is 3. The first-order chi connectivity index (χ1) is 12.2. The van der Waals surface area contributed by atoms with Crippen LogP contribution in [0.25, 0.3) is 22.4 Å². The number of nitrogens with zero attached hydrogens (tertiary/aromatic N) is 2. The molecule has 0 N–H and O–H groups in total. The summed E-state index contributed by atoms with van der Waals surface area (Å²) in [6.45, 7) is 0. The summed E-state index contributed by atoms with van der Waals surface area (Å²) < 4.78 is 12.6. The minimum absolute atomic E-state index is 0.316. The number of hydrogen-bond donors (Lipinski definition) is 0. The van der Waals surface area contributed by atoms with Crippen LogP contribution in [0.15, 0.2) is 35.2 Å². The first kappa shape index (κ1) is 15.9. The second-order valence-electron chi connectivity index (χ2n) is 6.75. The van der Waals surface area contributed by atoms with E-state index >= 15 is 0 Å². The van der Waals surface area contributed by atoms with E-state index in [9.17, 15) is 4.79 Å². The van der Waals surface area contributed by atoms with Crippen molar-refractivity contribution < 1.29 is 13.9 Å². The molecule has 1 saturated carbocycles. The Morgan fingerprint density at radius 3 is 2.76 bits per heavy atom. The maximum atomic E-state index is 11.9. The zero-order valence-corrected chi connectivity index (χ0v) is 14.6. The highest BCUT2D eigenvalue weighted by Crippen LogP contribution is 2.43. The van der Waals surface area contributed by atoms with E-state index in [4.69, 9.17) is 9.15 Å². The molecule has 0 radical (unpaired) electrons. The normalized spacial score (nSPS) is 15.6. The van der Waals surface area contributed by atoms with E-state index in [1.165, 1.54) is 56.6 Å². The molecular weight excluding hydrogens is 316 g/mol. The van der Waals surface area contributed by atoms with E-state index in [0.717, 1.165) is 17.0 Å². The zero-order chi connectivity index (χ0) is 17.4. The quantitative estimate of drug-likeness (QED) is 0.651. The molecule has 1 aliphatic carbocycles. The summed E-state index contributed by atoms with van der Waals surface area (Å²) in [6.07, 6.45) is 9.46. The van der Waals surface area contributed by atoms with E-state index < -0.39 is 0 Å². The van der Waals surface area contributed by atoms with Crippen molar-refractivity contribution in [2.45, 2.75) is 38.0 Å². The summed E-state index contributed by atoms with van der Waals surface area (Å²) in [5.74, 6) is 0.976. The summed E-state index contributed by atoms with van der Waals surface area (Å²) in [7, 11) is 3.43. The van der Waals surface area contributed by atoms with Crippen LogP contribution in [0.5, 0.6) is 0 Å². The average molecular weight is 338 g/mol. The van der Waals surface area contributed by atoms with Gasteiger partial charge in [-0.1, -0.05) is 25.3 Å². The maximum Gasteiger partial charge on any atom is 0.337 e. The monoisotopic (exact) mass is 338 g/mol. The lowest BCUT2D eigenvalue weighted by atomic mass is 9.82. The first-order valence-electron chi connectivity index (χ1n) is 8.80. The van der Waals surface area contributed by atoms with Crippen LogP contribution >= 0.6 is 0 Å². The van der Waals surface area contributed by atoms with Crippen molar-refractivity contribution in [3.8, 4) is 11.5 Å². The van der Waals surface area contributed by atoms with Crippen LogP contribution in [0.4, 0.5) is 0 Å². The molecule has 1 aromatic carbocycles. The summed E-state index contributed by atoms with van der Waals surface area (Å²) >= 11 is 0. The highest BCUT2D eigenvalue weighted by molar-refractivity contribution is 5.98. The zero-order valence-electron chi connectivity index (χ0n) is 14.6. The highest BCUT2D eigenvalue weighted by atomic mass is 16.5. The van der Waals surface area contributed by atoms with Crippen LogP contribution in [0.3, 0.4) is 0 Å². The van der Waals surface area contributed by atoms with Crippen LogP contribution < -0.4 is 0 Å². The first-order valence-corrected chi connectivity index (χ1v) is 8.80. The van der Waals surface area contributed by atoms with Crippen molar-refractivity contribution in [2.75, 3.05) is 7.11 Å². The van der Waals surface area contributed by atoms with Crippen LogP contribution in [-0.2, 0) is 11.8 Å². The summed E-state index contributed by atoms with van der Waals surface area (Å²) in [5.41, 5.74) is 3.98. The van der Waals surface area contributed by atoms with Crippen LogP contribution in [0, 0.1) is 0 Å². The summed E-state index contributed by atoms with van der Waals surface area (Å²) in [4.78, 5) is 16.0. The van der Waals surface area contributed by atoms with Crippen molar-refractivity contribution in [1.29, 1.82) is 0 Å². The molecule has 0 saturated heterocycles. The average Bonchev–Trinajstić information content (AvgIpc) is 3.28. The van der Waals surface area contributed by atoms with Crippen molar-refractivity contribution in [3.05, 3.63) is 41.9 Å². The highest BCUT2D eigenvalue weighted by Gasteiger charge is 2.27. The number of methoxy groups -OCH3 is 1. The minimum atomic E-state index is -0.316. The van der Waals surface area contributed by atoms with Crippen molar-refractivity contribution in [1.82, 2.24) is 9.55 Å². The molecule has 0 unspecified atom stereocenters. The lowest BCUT2D eigenvalue weighted by Gasteiger charge is -2.22. The Balaban J connectivity index is 1.96. The molecule has 0 spiro atoms. The molecule has 5 nitrogen and oxygen atoms in total. The van der Waals surface area contributed by atoms with Gasteiger partial charge in [-0.25, -0.2) is 9.78 Å². The molecule has 5 heteroatoms. The predicted molar refractivity (Wildman–Crippen MR) is 95.6 cm³/mol. The third-order valence-corrected chi connectivity index (χ3v) is 5.34. The van der Waals surface area contributed by atoms with E-state index in [1.807, 2.05) is 25.2 Å². The predicted octanol–water partition coefficient (Wildman–Crippen LogP) is 4.67. The van der Waals surface area contributed by atoms with Crippen LogP contribution in [0.2, 0.25) is 0 Å². The van der Waals surface area contributed by atoms with Crippen molar-refractivity contribution in [2.24, 2.45) is 7.05 Å². The van der Waals surface area contributed by atoms with Gasteiger partial charge in [-0.2, -0.15) is 0 Å². The van der Waals surface area contributed by atoms with E-state index in [2.05, 4.69) is 9.55 Å². The van der Waals surface area contributed by atoms with Gasteiger partial charge in [0.25, 0.3) is 0 Å². The SMILES string of the molecule is COC(=O)c1ccc2c(C3CCCCC3)c(-c3cnco3)n(C)c2c1.